The second-order valence-electron chi connectivity index (χ2n) is 13.5. The summed E-state index contributed by atoms with van der Waals surface area (Å²) in [6.45, 7) is 16.8. The third-order valence-electron chi connectivity index (χ3n) is 7.10. The minimum Gasteiger partial charge on any atom is -0.415 e. The molecular weight excluding hydrogens is 473 g/mol. The van der Waals surface area contributed by atoms with E-state index in [0.717, 1.165) is 6.61 Å². The highest BCUT2D eigenvalue weighted by Gasteiger charge is 2.23. The van der Waals surface area contributed by atoms with Gasteiger partial charge in [-0.15, -0.1) is 0 Å². The van der Waals surface area contributed by atoms with Crippen LogP contribution in [0.15, 0.2) is 0 Å². The Morgan fingerprint density at radius 1 is 0.417 bits per heavy atom. The standard InChI is InChI=1S/C32H70O2Si2/c1-8-9-10-11-12-13-14-15-16-17-18-19-20-21-22-23-24-25-26-27-28-29-30-32(34-36(5,6)7)31-33-35(2,3)4/h32H,8-31H2,1-7H3. The first-order valence-corrected chi connectivity index (χ1v) is 23.3. The molecule has 0 N–H and O–H groups in total. The minimum atomic E-state index is -1.50. The second-order valence-corrected chi connectivity index (χ2v) is 22.5. The summed E-state index contributed by atoms with van der Waals surface area (Å²) in [5, 5.41) is 0. The van der Waals surface area contributed by atoms with E-state index in [-0.39, 0.29) is 0 Å². The number of unbranched alkanes of at least 4 members (excludes halogenated alkanes) is 21. The van der Waals surface area contributed by atoms with E-state index in [1.807, 2.05) is 0 Å². The molecule has 0 aliphatic rings. The highest BCUT2D eigenvalue weighted by Crippen LogP contribution is 2.18. The van der Waals surface area contributed by atoms with Gasteiger partial charge in [0, 0.05) is 0 Å². The highest BCUT2D eigenvalue weighted by atomic mass is 28.4. The van der Waals surface area contributed by atoms with Gasteiger partial charge in [-0.2, -0.15) is 0 Å². The molecule has 2 nitrogen and oxygen atoms in total. The predicted molar refractivity (Wildman–Crippen MR) is 169 cm³/mol. The third kappa shape index (κ3) is 30.6. The molecule has 1 atom stereocenters. The molecule has 218 valence electrons. The van der Waals surface area contributed by atoms with Crippen molar-refractivity contribution < 1.29 is 8.85 Å². The Hall–Kier alpha value is 0.354. The number of hydrogen-bond acceptors (Lipinski definition) is 2. The van der Waals surface area contributed by atoms with Crippen molar-refractivity contribution in [2.75, 3.05) is 6.61 Å². The van der Waals surface area contributed by atoms with Crippen LogP contribution in [0.5, 0.6) is 0 Å². The van der Waals surface area contributed by atoms with Gasteiger partial charge in [0.25, 0.3) is 0 Å². The molecule has 0 spiro atoms. The van der Waals surface area contributed by atoms with Crippen LogP contribution in [0, 0.1) is 0 Å². The maximum atomic E-state index is 6.42. The van der Waals surface area contributed by atoms with Crippen LogP contribution in [0.4, 0.5) is 0 Å². The summed E-state index contributed by atoms with van der Waals surface area (Å²) in [6, 6.07) is 0. The van der Waals surface area contributed by atoms with E-state index >= 15 is 0 Å². The van der Waals surface area contributed by atoms with Gasteiger partial charge in [-0.3, -0.25) is 0 Å². The van der Waals surface area contributed by atoms with E-state index in [9.17, 15) is 0 Å². The molecule has 0 saturated carbocycles. The molecule has 0 saturated heterocycles. The highest BCUT2D eigenvalue weighted by molar-refractivity contribution is 6.70. The van der Waals surface area contributed by atoms with E-state index in [1.54, 1.807) is 0 Å². The Bertz CT molecular complexity index is 442. The fourth-order valence-electron chi connectivity index (χ4n) is 5.00. The molecule has 0 aromatic heterocycles. The van der Waals surface area contributed by atoms with Gasteiger partial charge in [0.15, 0.2) is 16.6 Å². The van der Waals surface area contributed by atoms with Crippen molar-refractivity contribution in [3.63, 3.8) is 0 Å². The van der Waals surface area contributed by atoms with Crippen molar-refractivity contribution in [2.24, 2.45) is 0 Å². The first-order chi connectivity index (χ1) is 17.1. The van der Waals surface area contributed by atoms with E-state index < -0.39 is 16.6 Å². The summed E-state index contributed by atoms with van der Waals surface area (Å²) in [5.74, 6) is 0. The van der Waals surface area contributed by atoms with Crippen LogP contribution in [-0.4, -0.2) is 29.3 Å². The van der Waals surface area contributed by atoms with Crippen LogP contribution in [0.3, 0.4) is 0 Å². The van der Waals surface area contributed by atoms with Gasteiger partial charge < -0.3 is 8.85 Å². The minimum absolute atomic E-state index is 0.313. The molecule has 4 heteroatoms. The largest absolute Gasteiger partial charge is 0.415 e. The maximum absolute atomic E-state index is 6.42. The van der Waals surface area contributed by atoms with Gasteiger partial charge in [-0.05, 0) is 45.7 Å². The zero-order valence-corrected chi connectivity index (χ0v) is 28.4. The zero-order valence-electron chi connectivity index (χ0n) is 26.4. The molecule has 0 amide bonds. The Kier molecular flexibility index (Phi) is 24.6. The molecule has 0 aliphatic carbocycles. The molecule has 1 unspecified atom stereocenters. The van der Waals surface area contributed by atoms with E-state index in [1.165, 1.54) is 148 Å². The molecule has 0 aromatic rings. The number of rotatable bonds is 28. The topological polar surface area (TPSA) is 18.5 Å². The molecule has 0 aliphatic heterocycles. The molecule has 0 bridgehead atoms. The summed E-state index contributed by atoms with van der Waals surface area (Å²) in [7, 11) is -2.96. The molecule has 0 heterocycles. The lowest BCUT2D eigenvalue weighted by Gasteiger charge is -2.29. The maximum Gasteiger partial charge on any atom is 0.184 e. The first kappa shape index (κ1) is 36.4. The Morgan fingerprint density at radius 2 is 0.722 bits per heavy atom. The monoisotopic (exact) mass is 542 g/mol. The summed E-state index contributed by atoms with van der Waals surface area (Å²) in [5.41, 5.74) is 0. The Balaban J connectivity index is 3.40. The van der Waals surface area contributed by atoms with E-state index in [2.05, 4.69) is 46.2 Å². The lowest BCUT2D eigenvalue weighted by molar-refractivity contribution is 0.109. The lowest BCUT2D eigenvalue weighted by Crippen LogP contribution is -2.38. The van der Waals surface area contributed by atoms with Crippen LogP contribution >= 0.6 is 0 Å². The van der Waals surface area contributed by atoms with Crippen molar-refractivity contribution in [3.05, 3.63) is 0 Å². The average molecular weight is 543 g/mol. The summed E-state index contributed by atoms with van der Waals surface area (Å²) in [4.78, 5) is 0. The summed E-state index contributed by atoms with van der Waals surface area (Å²) in [6.07, 6.45) is 33.3. The smallest absolute Gasteiger partial charge is 0.184 e. The average Bonchev–Trinajstić information content (AvgIpc) is 2.79. The summed E-state index contributed by atoms with van der Waals surface area (Å²) < 4.78 is 12.6. The summed E-state index contributed by atoms with van der Waals surface area (Å²) >= 11 is 0. The van der Waals surface area contributed by atoms with Gasteiger partial charge in [0.1, 0.15) is 0 Å². The first-order valence-electron chi connectivity index (χ1n) is 16.5. The van der Waals surface area contributed by atoms with Crippen molar-refractivity contribution in [2.45, 2.75) is 200 Å². The van der Waals surface area contributed by atoms with Crippen LogP contribution < -0.4 is 0 Å². The van der Waals surface area contributed by atoms with Crippen molar-refractivity contribution in [1.82, 2.24) is 0 Å². The van der Waals surface area contributed by atoms with Gasteiger partial charge in [-0.1, -0.05) is 148 Å². The van der Waals surface area contributed by atoms with E-state index in [0.29, 0.717) is 6.10 Å². The Labute approximate surface area is 231 Å². The second kappa shape index (κ2) is 24.4. The Morgan fingerprint density at radius 3 is 1.00 bits per heavy atom. The van der Waals surface area contributed by atoms with Crippen LogP contribution in [-0.2, 0) is 8.85 Å². The quantitative estimate of drug-likeness (QED) is 0.0722. The van der Waals surface area contributed by atoms with Gasteiger partial charge >= 0.3 is 0 Å². The van der Waals surface area contributed by atoms with Gasteiger partial charge in [-0.25, -0.2) is 0 Å². The molecular formula is C32H70O2Si2. The fourth-order valence-corrected chi connectivity index (χ4v) is 6.87. The normalized spacial score (nSPS) is 13.4. The van der Waals surface area contributed by atoms with Crippen LogP contribution in [0.1, 0.15) is 155 Å². The lowest BCUT2D eigenvalue weighted by atomic mass is 10.0. The van der Waals surface area contributed by atoms with Crippen LogP contribution in [0.2, 0.25) is 39.3 Å². The molecule has 0 rings (SSSR count). The van der Waals surface area contributed by atoms with Crippen molar-refractivity contribution in [3.8, 4) is 0 Å². The third-order valence-corrected chi connectivity index (χ3v) is 9.18. The predicted octanol–water partition coefficient (Wildman–Crippen LogP) is 12.1. The SMILES string of the molecule is CCCCCCCCCCCCCCCCCCCCCCCCC(CO[Si](C)(C)C)O[Si](C)(C)C. The molecule has 0 aromatic carbocycles. The van der Waals surface area contributed by atoms with E-state index in [4.69, 9.17) is 8.85 Å². The van der Waals surface area contributed by atoms with Gasteiger partial charge in [0.2, 0.25) is 0 Å². The molecule has 0 radical (unpaired) electrons. The molecule has 0 fully saturated rings. The van der Waals surface area contributed by atoms with Crippen molar-refractivity contribution in [1.29, 1.82) is 0 Å². The van der Waals surface area contributed by atoms with Crippen molar-refractivity contribution >= 4 is 16.6 Å². The van der Waals surface area contributed by atoms with Gasteiger partial charge in [0.05, 0.1) is 12.7 Å². The molecule has 36 heavy (non-hydrogen) atoms. The van der Waals surface area contributed by atoms with Crippen LogP contribution in [0.25, 0.3) is 0 Å². The zero-order chi connectivity index (χ0) is 27.0. The number of hydrogen-bond donors (Lipinski definition) is 0. The fraction of sp³-hybridized carbons (Fsp3) is 1.00.